The smallest absolute Gasteiger partial charge is 0.233 e. The Bertz CT molecular complexity index is 326. The number of hydrogen-bond donors (Lipinski definition) is 1. The molecule has 0 saturated heterocycles. The Kier molecular flexibility index (Phi) is 5.03. The number of hydrogen-bond acceptors (Lipinski definition) is 5. The summed E-state index contributed by atoms with van der Waals surface area (Å²) in [6, 6.07) is 3.27. The molecule has 5 nitrogen and oxygen atoms in total. The number of nitrogens with one attached hydrogen (secondary N) is 1. The van der Waals surface area contributed by atoms with Crippen LogP contribution in [0.3, 0.4) is 0 Å². The van der Waals surface area contributed by atoms with Gasteiger partial charge < -0.3 is 9.57 Å². The van der Waals surface area contributed by atoms with Gasteiger partial charge in [0, 0.05) is 12.3 Å². The molecular formula is C9H10ClN3O2. The van der Waals surface area contributed by atoms with Gasteiger partial charge in [-0.3, -0.25) is 0 Å². The first-order valence-corrected chi connectivity index (χ1v) is 4.47. The molecule has 15 heavy (non-hydrogen) atoms. The van der Waals surface area contributed by atoms with Crippen molar-refractivity contribution in [1.29, 1.82) is 0 Å². The average Bonchev–Trinajstić information content (AvgIpc) is 2.33. The fourth-order valence-corrected chi connectivity index (χ4v) is 0.771. The molecule has 0 aliphatic carbocycles. The lowest BCUT2D eigenvalue weighted by atomic mass is 10.6. The molecule has 2 rings (SSSR count). The van der Waals surface area contributed by atoms with Gasteiger partial charge in [-0.05, 0) is 18.2 Å². The number of methoxy groups -OCH3 is 1. The van der Waals surface area contributed by atoms with Gasteiger partial charge >= 0.3 is 0 Å². The van der Waals surface area contributed by atoms with Crippen LogP contribution in [0, 0.1) is 0 Å². The fourth-order valence-electron chi connectivity index (χ4n) is 0.671. The Hall–Kier alpha value is -1.75. The lowest BCUT2D eigenvalue weighted by Crippen LogP contribution is -2.01. The molecule has 1 aromatic rings. The number of allylic oxidation sites excluding steroid dienone is 2. The van der Waals surface area contributed by atoms with E-state index in [4.69, 9.17) is 16.3 Å². The summed E-state index contributed by atoms with van der Waals surface area (Å²) in [5.74, 6) is 0.472. The highest BCUT2D eigenvalue weighted by Gasteiger charge is 1.90. The number of ether oxygens (including phenoxy) is 1. The summed E-state index contributed by atoms with van der Waals surface area (Å²) >= 11 is 5.44. The van der Waals surface area contributed by atoms with E-state index in [1.54, 1.807) is 30.7 Å². The summed E-state index contributed by atoms with van der Waals surface area (Å²) in [5, 5.41) is 7.50. The molecule has 0 saturated carbocycles. The van der Waals surface area contributed by atoms with E-state index in [9.17, 15) is 0 Å². The van der Waals surface area contributed by atoms with E-state index < -0.39 is 0 Å². The van der Waals surface area contributed by atoms with Gasteiger partial charge in [-0.1, -0.05) is 11.6 Å². The van der Waals surface area contributed by atoms with E-state index in [-0.39, 0.29) is 0 Å². The largest absolute Gasteiger partial charge is 0.480 e. The van der Waals surface area contributed by atoms with Crippen molar-refractivity contribution in [1.82, 2.24) is 15.7 Å². The van der Waals surface area contributed by atoms with Crippen LogP contribution in [0.15, 0.2) is 36.7 Å². The van der Waals surface area contributed by atoms with Crippen LogP contribution in [0.4, 0.5) is 0 Å². The Morgan fingerprint density at radius 3 is 2.53 bits per heavy atom. The number of hydroxylamine groups is 1. The van der Waals surface area contributed by atoms with E-state index in [1.807, 2.05) is 6.08 Å². The van der Waals surface area contributed by atoms with Gasteiger partial charge in [0.15, 0.2) is 5.15 Å². The summed E-state index contributed by atoms with van der Waals surface area (Å²) < 4.78 is 4.74. The Morgan fingerprint density at radius 1 is 1.33 bits per heavy atom. The maximum absolute atomic E-state index is 5.44. The Labute approximate surface area is 92.3 Å². The Balaban J connectivity index is 0.000000162. The van der Waals surface area contributed by atoms with Crippen molar-refractivity contribution < 1.29 is 9.57 Å². The molecule has 1 N–H and O–H groups in total. The maximum Gasteiger partial charge on any atom is 0.233 e. The zero-order valence-corrected chi connectivity index (χ0v) is 8.81. The predicted molar refractivity (Wildman–Crippen MR) is 56.1 cm³/mol. The molecule has 1 aliphatic heterocycles. The van der Waals surface area contributed by atoms with Crippen molar-refractivity contribution >= 4 is 11.6 Å². The SMILES string of the molecule is C1=CNOC=C1.COc1ccc(Cl)nn1. The van der Waals surface area contributed by atoms with Gasteiger partial charge in [-0.25, -0.2) is 5.48 Å². The van der Waals surface area contributed by atoms with Crippen molar-refractivity contribution in [3.05, 3.63) is 41.9 Å². The molecule has 80 valence electrons. The second kappa shape index (κ2) is 6.67. The van der Waals surface area contributed by atoms with Gasteiger partial charge in [0.2, 0.25) is 5.88 Å². The van der Waals surface area contributed by atoms with Crippen molar-refractivity contribution in [2.24, 2.45) is 0 Å². The van der Waals surface area contributed by atoms with E-state index in [0.717, 1.165) is 0 Å². The molecule has 0 atom stereocenters. The van der Waals surface area contributed by atoms with E-state index in [0.29, 0.717) is 11.0 Å². The standard InChI is InChI=1S/C5H5ClN2O.C4H5NO/c1-9-5-3-2-4(6)7-8-5;1-2-4-6-5-3-1/h2-3H,1H3;1-5H. The number of rotatable bonds is 1. The van der Waals surface area contributed by atoms with Crippen LogP contribution in [0.1, 0.15) is 0 Å². The number of halogens is 1. The fraction of sp³-hybridized carbons (Fsp3) is 0.111. The molecule has 1 aliphatic rings. The highest BCUT2D eigenvalue weighted by atomic mass is 35.5. The summed E-state index contributed by atoms with van der Waals surface area (Å²) in [4.78, 5) is 4.55. The van der Waals surface area contributed by atoms with Crippen molar-refractivity contribution in [2.45, 2.75) is 0 Å². The molecule has 0 amide bonds. The average molecular weight is 228 g/mol. The van der Waals surface area contributed by atoms with Crippen LogP contribution in [0.25, 0.3) is 0 Å². The molecule has 0 unspecified atom stereocenters. The molecular weight excluding hydrogens is 218 g/mol. The molecule has 6 heteroatoms. The lowest BCUT2D eigenvalue weighted by Gasteiger charge is -1.97. The first-order chi connectivity index (χ1) is 7.33. The monoisotopic (exact) mass is 227 g/mol. The third-order valence-electron chi connectivity index (χ3n) is 1.31. The number of aromatic nitrogens is 2. The summed E-state index contributed by atoms with van der Waals surface area (Å²) in [6.07, 6.45) is 6.93. The zero-order valence-electron chi connectivity index (χ0n) is 8.05. The van der Waals surface area contributed by atoms with Gasteiger partial charge in [0.1, 0.15) is 6.26 Å². The number of nitrogens with zero attached hydrogens (tertiary/aromatic N) is 2. The normalized spacial score (nSPS) is 11.9. The van der Waals surface area contributed by atoms with Gasteiger partial charge in [-0.15, -0.1) is 10.2 Å². The van der Waals surface area contributed by atoms with Crippen molar-refractivity contribution in [2.75, 3.05) is 7.11 Å². The minimum absolute atomic E-state index is 0.371. The molecule has 0 radical (unpaired) electrons. The van der Waals surface area contributed by atoms with Crippen LogP contribution < -0.4 is 10.2 Å². The Morgan fingerprint density at radius 2 is 2.20 bits per heavy atom. The van der Waals surface area contributed by atoms with Crippen LogP contribution in [0.5, 0.6) is 5.88 Å². The molecule has 0 bridgehead atoms. The topological polar surface area (TPSA) is 56.3 Å². The second-order valence-electron chi connectivity index (χ2n) is 2.32. The van der Waals surface area contributed by atoms with Crippen LogP contribution in [-0.4, -0.2) is 17.3 Å². The van der Waals surface area contributed by atoms with Gasteiger partial charge in [-0.2, -0.15) is 0 Å². The quantitative estimate of drug-likeness (QED) is 0.791. The molecule has 0 fully saturated rings. The molecule has 1 aromatic heterocycles. The third-order valence-corrected chi connectivity index (χ3v) is 1.51. The third kappa shape index (κ3) is 4.87. The lowest BCUT2D eigenvalue weighted by molar-refractivity contribution is 0.172. The second-order valence-corrected chi connectivity index (χ2v) is 2.71. The van der Waals surface area contributed by atoms with Crippen molar-refractivity contribution in [3.8, 4) is 5.88 Å². The first-order valence-electron chi connectivity index (χ1n) is 4.09. The zero-order chi connectivity index (χ0) is 10.9. The minimum atomic E-state index is 0.371. The van der Waals surface area contributed by atoms with Crippen LogP contribution in [0.2, 0.25) is 5.15 Å². The summed E-state index contributed by atoms with van der Waals surface area (Å²) in [6.45, 7) is 0. The summed E-state index contributed by atoms with van der Waals surface area (Å²) in [5.41, 5.74) is 2.52. The molecule has 0 spiro atoms. The predicted octanol–water partition coefficient (Wildman–Crippen LogP) is 1.69. The van der Waals surface area contributed by atoms with Crippen molar-refractivity contribution in [3.63, 3.8) is 0 Å². The highest BCUT2D eigenvalue weighted by molar-refractivity contribution is 6.29. The van der Waals surface area contributed by atoms with Gasteiger partial charge in [0.05, 0.1) is 7.11 Å². The van der Waals surface area contributed by atoms with E-state index >= 15 is 0 Å². The molecule has 2 heterocycles. The molecule has 0 aromatic carbocycles. The minimum Gasteiger partial charge on any atom is -0.480 e. The highest BCUT2D eigenvalue weighted by Crippen LogP contribution is 2.06. The first kappa shape index (κ1) is 11.3. The maximum atomic E-state index is 5.44. The van der Waals surface area contributed by atoms with E-state index in [2.05, 4.69) is 20.5 Å². The van der Waals surface area contributed by atoms with E-state index in [1.165, 1.54) is 7.11 Å². The van der Waals surface area contributed by atoms with Crippen LogP contribution in [-0.2, 0) is 4.84 Å². The summed E-state index contributed by atoms with van der Waals surface area (Å²) in [7, 11) is 1.53. The van der Waals surface area contributed by atoms with Gasteiger partial charge in [0.25, 0.3) is 0 Å². The van der Waals surface area contributed by atoms with Crippen LogP contribution >= 0.6 is 11.6 Å².